The number of nitrogens with one attached hydrogen (secondary N) is 1. The SMILES string of the molecule is CC(=O)N[C@@H](CCC(N)=O)C(=O)O.[AlH3]. The van der Waals surface area contributed by atoms with Gasteiger partial charge in [-0.05, 0) is 6.42 Å². The molecule has 7 heteroatoms. The lowest BCUT2D eigenvalue weighted by atomic mass is 10.1. The van der Waals surface area contributed by atoms with Gasteiger partial charge in [0.15, 0.2) is 17.4 Å². The Bertz CT molecular complexity index is 232. The number of hydrogen-bond acceptors (Lipinski definition) is 3. The molecule has 80 valence electrons. The van der Waals surface area contributed by atoms with E-state index >= 15 is 0 Å². The van der Waals surface area contributed by atoms with Crippen LogP contribution in [0.5, 0.6) is 0 Å². The molecule has 0 aromatic rings. The van der Waals surface area contributed by atoms with E-state index in [1.807, 2.05) is 0 Å². The fourth-order valence-corrected chi connectivity index (χ4v) is 0.789. The van der Waals surface area contributed by atoms with Gasteiger partial charge in [-0.2, -0.15) is 0 Å². The van der Waals surface area contributed by atoms with Crippen molar-refractivity contribution in [1.29, 1.82) is 0 Å². The molecule has 0 aromatic carbocycles. The number of rotatable bonds is 5. The molecule has 6 nitrogen and oxygen atoms in total. The van der Waals surface area contributed by atoms with Crippen LogP contribution in [0.25, 0.3) is 0 Å². The Morgan fingerprint density at radius 3 is 2.21 bits per heavy atom. The van der Waals surface area contributed by atoms with Crippen LogP contribution in [0, 0.1) is 0 Å². The van der Waals surface area contributed by atoms with Gasteiger partial charge < -0.3 is 16.2 Å². The minimum Gasteiger partial charge on any atom is -0.480 e. The summed E-state index contributed by atoms with van der Waals surface area (Å²) < 4.78 is 0. The van der Waals surface area contributed by atoms with Crippen molar-refractivity contribution in [1.82, 2.24) is 5.32 Å². The van der Waals surface area contributed by atoms with Crippen LogP contribution in [-0.2, 0) is 14.4 Å². The lowest BCUT2D eigenvalue weighted by Gasteiger charge is -2.11. The van der Waals surface area contributed by atoms with Gasteiger partial charge in [-0.15, -0.1) is 0 Å². The molecule has 0 radical (unpaired) electrons. The first-order chi connectivity index (χ1) is 5.93. The quantitative estimate of drug-likeness (QED) is 0.449. The molecule has 1 atom stereocenters. The van der Waals surface area contributed by atoms with Crippen LogP contribution in [0.2, 0.25) is 0 Å². The number of nitrogens with two attached hydrogens (primary N) is 1. The van der Waals surface area contributed by atoms with Crippen LogP contribution in [0.15, 0.2) is 0 Å². The molecular weight excluding hydrogens is 203 g/mol. The summed E-state index contributed by atoms with van der Waals surface area (Å²) in [6, 6.07) is -1.04. The minimum atomic E-state index is -1.17. The Labute approximate surface area is 92.0 Å². The molecule has 0 saturated heterocycles. The van der Waals surface area contributed by atoms with Crippen molar-refractivity contribution >= 4 is 35.1 Å². The number of carbonyl (C=O) groups excluding carboxylic acids is 2. The molecule has 0 bridgehead atoms. The predicted octanol–water partition coefficient (Wildman–Crippen LogP) is -2.34. The van der Waals surface area contributed by atoms with E-state index in [1.165, 1.54) is 6.92 Å². The highest BCUT2D eigenvalue weighted by atomic mass is 27.0. The van der Waals surface area contributed by atoms with Gasteiger partial charge in [0.2, 0.25) is 11.8 Å². The van der Waals surface area contributed by atoms with E-state index in [4.69, 9.17) is 10.8 Å². The maximum atomic E-state index is 10.5. The predicted molar refractivity (Wildman–Crippen MR) is 53.6 cm³/mol. The highest BCUT2D eigenvalue weighted by Gasteiger charge is 2.18. The van der Waals surface area contributed by atoms with Crippen LogP contribution >= 0.6 is 0 Å². The fourth-order valence-electron chi connectivity index (χ4n) is 0.789. The fraction of sp³-hybridized carbons (Fsp3) is 0.571. The van der Waals surface area contributed by atoms with Gasteiger partial charge in [-0.1, -0.05) is 0 Å². The normalized spacial score (nSPS) is 10.9. The summed E-state index contributed by atoms with van der Waals surface area (Å²) >= 11 is 0. The number of carboxylic acids is 1. The molecule has 0 aliphatic rings. The standard InChI is InChI=1S/C7H12N2O4.Al.3H/c1-4(10)9-5(7(12)13)2-3-6(8)11;;;;/h5H,2-3H2,1H3,(H2,8,11)(H,9,10)(H,12,13);;;;/t5-;;;;/m0..../s1. The Balaban J connectivity index is 0. The molecule has 0 fully saturated rings. The Hall–Kier alpha value is -1.06. The van der Waals surface area contributed by atoms with E-state index in [1.54, 1.807) is 0 Å². The highest BCUT2D eigenvalue weighted by molar-refractivity contribution is 5.83. The third-order valence-electron chi connectivity index (χ3n) is 1.36. The monoisotopic (exact) mass is 218 g/mol. The summed E-state index contributed by atoms with van der Waals surface area (Å²) in [6.45, 7) is 1.21. The number of carboxylic acid groups (broad SMARTS) is 1. The van der Waals surface area contributed by atoms with Gasteiger partial charge in [0.05, 0.1) is 0 Å². The van der Waals surface area contributed by atoms with E-state index in [9.17, 15) is 14.4 Å². The maximum absolute atomic E-state index is 10.5. The first-order valence-electron chi connectivity index (χ1n) is 3.71. The number of aliphatic carboxylic acids is 1. The summed E-state index contributed by atoms with van der Waals surface area (Å²) in [5, 5.41) is 10.8. The Kier molecular flexibility index (Phi) is 8.10. The van der Waals surface area contributed by atoms with E-state index in [-0.39, 0.29) is 30.2 Å². The molecule has 0 rings (SSSR count). The molecule has 2 amide bonds. The molecule has 4 N–H and O–H groups in total. The second kappa shape index (κ2) is 7.36. The summed E-state index contributed by atoms with van der Waals surface area (Å²) in [5.74, 6) is -2.20. The van der Waals surface area contributed by atoms with Crippen molar-refractivity contribution in [3.63, 3.8) is 0 Å². The van der Waals surface area contributed by atoms with E-state index in [0.717, 1.165) is 0 Å². The van der Waals surface area contributed by atoms with Crippen molar-refractivity contribution in [3.05, 3.63) is 0 Å². The summed E-state index contributed by atoms with van der Waals surface area (Å²) in [6.07, 6.45) is -0.0402. The van der Waals surface area contributed by atoms with Crippen LogP contribution in [0.4, 0.5) is 0 Å². The van der Waals surface area contributed by atoms with Gasteiger partial charge in [0.25, 0.3) is 0 Å². The van der Waals surface area contributed by atoms with Gasteiger partial charge in [-0.3, -0.25) is 9.59 Å². The molecule has 0 heterocycles. The first-order valence-corrected chi connectivity index (χ1v) is 3.71. The van der Waals surface area contributed by atoms with Crippen molar-refractivity contribution in [2.45, 2.75) is 25.8 Å². The van der Waals surface area contributed by atoms with Gasteiger partial charge in [0.1, 0.15) is 6.04 Å². The van der Waals surface area contributed by atoms with Crippen molar-refractivity contribution in [2.24, 2.45) is 5.73 Å². The molecule has 0 unspecified atom stereocenters. The number of hydrogen-bond donors (Lipinski definition) is 3. The van der Waals surface area contributed by atoms with Crippen molar-refractivity contribution < 1.29 is 19.5 Å². The van der Waals surface area contributed by atoms with Crippen LogP contribution < -0.4 is 11.1 Å². The lowest BCUT2D eigenvalue weighted by Crippen LogP contribution is -2.40. The van der Waals surface area contributed by atoms with E-state index < -0.39 is 23.8 Å². The minimum absolute atomic E-state index is 0. The van der Waals surface area contributed by atoms with Gasteiger partial charge >= 0.3 is 5.97 Å². The van der Waals surface area contributed by atoms with E-state index in [2.05, 4.69) is 5.32 Å². The Morgan fingerprint density at radius 1 is 1.43 bits per heavy atom. The Morgan fingerprint density at radius 2 is 1.93 bits per heavy atom. The smallest absolute Gasteiger partial charge is 0.326 e. The molecule has 0 aliphatic carbocycles. The van der Waals surface area contributed by atoms with Crippen LogP contribution in [-0.4, -0.2) is 46.3 Å². The average Bonchev–Trinajstić information content (AvgIpc) is 1.96. The first kappa shape index (κ1) is 15.4. The topological polar surface area (TPSA) is 109 Å². The molecule has 0 aromatic heterocycles. The second-order valence-corrected chi connectivity index (χ2v) is 2.60. The summed E-state index contributed by atoms with van der Waals surface area (Å²) in [5.41, 5.74) is 4.83. The number of amides is 2. The van der Waals surface area contributed by atoms with Gasteiger partial charge in [0, 0.05) is 13.3 Å². The number of primary amides is 1. The molecule has 0 aliphatic heterocycles. The lowest BCUT2D eigenvalue weighted by molar-refractivity contribution is -0.141. The molecule has 0 saturated carbocycles. The summed E-state index contributed by atoms with van der Waals surface area (Å²) in [7, 11) is 0. The zero-order valence-electron chi connectivity index (χ0n) is 7.24. The largest absolute Gasteiger partial charge is 0.480 e. The average molecular weight is 218 g/mol. The third-order valence-corrected chi connectivity index (χ3v) is 1.36. The molecule has 0 spiro atoms. The highest BCUT2D eigenvalue weighted by Crippen LogP contribution is 1.96. The third kappa shape index (κ3) is 7.58. The van der Waals surface area contributed by atoms with Gasteiger partial charge in [-0.25, -0.2) is 4.79 Å². The summed E-state index contributed by atoms with van der Waals surface area (Å²) in [4.78, 5) is 31.3. The van der Waals surface area contributed by atoms with Crippen molar-refractivity contribution in [2.75, 3.05) is 0 Å². The van der Waals surface area contributed by atoms with E-state index in [0.29, 0.717) is 0 Å². The molecular formula is C7H15AlN2O4. The maximum Gasteiger partial charge on any atom is 0.326 e. The molecule has 14 heavy (non-hydrogen) atoms. The zero-order chi connectivity index (χ0) is 10.4. The zero-order valence-corrected chi connectivity index (χ0v) is 7.24. The van der Waals surface area contributed by atoms with Crippen LogP contribution in [0.1, 0.15) is 19.8 Å². The second-order valence-electron chi connectivity index (χ2n) is 2.60. The van der Waals surface area contributed by atoms with Crippen LogP contribution in [0.3, 0.4) is 0 Å². The van der Waals surface area contributed by atoms with Crippen molar-refractivity contribution in [3.8, 4) is 0 Å². The number of carbonyl (C=O) groups is 3.